The van der Waals surface area contributed by atoms with Crippen LogP contribution in [0.3, 0.4) is 0 Å². The van der Waals surface area contributed by atoms with Gasteiger partial charge in [-0.1, -0.05) is 5.11 Å². The third-order valence-corrected chi connectivity index (χ3v) is 1.67. The first kappa shape index (κ1) is 5.97. The summed E-state index contributed by atoms with van der Waals surface area (Å²) in [6, 6.07) is -0.0787. The zero-order valence-corrected chi connectivity index (χ0v) is 5.30. The Morgan fingerprint density at radius 3 is 2.20 bits per heavy atom. The molecule has 0 amide bonds. The second-order valence-corrected chi connectivity index (χ2v) is 2.44. The normalized spacial score (nSPS) is 38.0. The molecule has 2 saturated heterocycles. The van der Waals surface area contributed by atoms with Gasteiger partial charge in [0.15, 0.2) is 0 Å². The Labute approximate surface area is 57.5 Å². The van der Waals surface area contributed by atoms with Crippen molar-refractivity contribution in [3.05, 3.63) is 10.4 Å². The summed E-state index contributed by atoms with van der Waals surface area (Å²) in [6.07, 6.45) is 0.256. The zero-order valence-electron chi connectivity index (χ0n) is 5.30. The predicted octanol–water partition coefficient (Wildman–Crippen LogP) is 0.463. The van der Waals surface area contributed by atoms with Gasteiger partial charge in [0.1, 0.15) is 0 Å². The van der Waals surface area contributed by atoms with Crippen molar-refractivity contribution in [3.8, 4) is 0 Å². The fraction of sp³-hybridized carbons (Fsp3) is 1.00. The van der Waals surface area contributed by atoms with E-state index in [1.165, 1.54) is 0 Å². The van der Waals surface area contributed by atoms with Crippen LogP contribution in [0.5, 0.6) is 0 Å². The number of hydrogen-bond acceptors (Lipinski definition) is 3. The van der Waals surface area contributed by atoms with E-state index in [0.717, 1.165) is 0 Å². The van der Waals surface area contributed by atoms with Gasteiger partial charge in [-0.15, -0.1) is 0 Å². The van der Waals surface area contributed by atoms with E-state index in [-0.39, 0.29) is 18.2 Å². The van der Waals surface area contributed by atoms with Crippen molar-refractivity contribution in [1.29, 1.82) is 0 Å². The molecule has 5 nitrogen and oxygen atoms in total. The molecule has 2 aliphatic heterocycles. The fourth-order valence-electron chi connectivity index (χ4n) is 0.953. The maximum Gasteiger partial charge on any atom is 0.0943 e. The second kappa shape index (κ2) is 2.12. The minimum absolute atomic E-state index is 0.0787. The van der Waals surface area contributed by atoms with E-state index in [1.807, 2.05) is 0 Å². The van der Waals surface area contributed by atoms with Gasteiger partial charge < -0.3 is 9.47 Å². The Morgan fingerprint density at radius 2 is 1.90 bits per heavy atom. The van der Waals surface area contributed by atoms with Crippen LogP contribution in [0.4, 0.5) is 0 Å². The van der Waals surface area contributed by atoms with Crippen LogP contribution in [0.15, 0.2) is 5.11 Å². The van der Waals surface area contributed by atoms with Crippen molar-refractivity contribution < 1.29 is 9.47 Å². The van der Waals surface area contributed by atoms with Crippen LogP contribution < -0.4 is 0 Å². The van der Waals surface area contributed by atoms with E-state index in [0.29, 0.717) is 13.2 Å². The lowest BCUT2D eigenvalue weighted by Gasteiger charge is -1.99. The topological polar surface area (TPSA) is 73.8 Å². The molecule has 0 N–H and O–H groups in total. The third kappa shape index (κ3) is 1.07. The zero-order chi connectivity index (χ0) is 6.97. The minimum Gasteiger partial charge on any atom is -0.373 e. The molecule has 0 aromatic carbocycles. The standard InChI is InChI=1S/C5H7N3O2/c6-8-7-5(3-1-9-3)4-2-10-4/h3-5H,1-2H2. The molecule has 2 rings (SSSR count). The maximum absolute atomic E-state index is 8.14. The van der Waals surface area contributed by atoms with Crippen LogP contribution in [-0.4, -0.2) is 31.5 Å². The van der Waals surface area contributed by atoms with Crippen molar-refractivity contribution in [2.45, 2.75) is 18.2 Å². The first-order valence-electron chi connectivity index (χ1n) is 3.19. The molecule has 2 unspecified atom stereocenters. The first-order valence-corrected chi connectivity index (χ1v) is 3.19. The van der Waals surface area contributed by atoms with Gasteiger partial charge in [0.25, 0.3) is 0 Å². The Morgan fingerprint density at radius 1 is 1.40 bits per heavy atom. The quantitative estimate of drug-likeness (QED) is 0.248. The molecular weight excluding hydrogens is 134 g/mol. The molecule has 54 valence electrons. The average molecular weight is 141 g/mol. The van der Waals surface area contributed by atoms with Crippen LogP contribution in [-0.2, 0) is 9.47 Å². The van der Waals surface area contributed by atoms with Crippen molar-refractivity contribution in [1.82, 2.24) is 0 Å². The maximum atomic E-state index is 8.14. The largest absolute Gasteiger partial charge is 0.373 e. The molecule has 0 aliphatic carbocycles. The Balaban J connectivity index is 1.97. The van der Waals surface area contributed by atoms with Crippen molar-refractivity contribution in [2.24, 2.45) is 5.11 Å². The Bertz CT molecular complexity index is 169. The lowest BCUT2D eigenvalue weighted by molar-refractivity contribution is 0.313. The first-order chi connectivity index (χ1) is 4.92. The Kier molecular flexibility index (Phi) is 1.27. The van der Waals surface area contributed by atoms with Crippen LogP contribution >= 0.6 is 0 Å². The average Bonchev–Trinajstić information content (AvgIpc) is 2.77. The number of azide groups is 1. The number of ether oxygens (including phenoxy) is 2. The lowest BCUT2D eigenvalue weighted by atomic mass is 10.2. The molecule has 0 saturated carbocycles. The molecule has 0 spiro atoms. The molecule has 2 aliphatic rings. The highest BCUT2D eigenvalue weighted by molar-refractivity contribution is 4.95. The van der Waals surface area contributed by atoms with Gasteiger partial charge >= 0.3 is 0 Å². The van der Waals surface area contributed by atoms with Crippen molar-refractivity contribution in [2.75, 3.05) is 13.2 Å². The minimum atomic E-state index is -0.0787. The predicted molar refractivity (Wildman–Crippen MR) is 32.4 cm³/mol. The van der Waals surface area contributed by atoms with E-state index < -0.39 is 0 Å². The van der Waals surface area contributed by atoms with Gasteiger partial charge in [-0.25, -0.2) is 0 Å². The number of epoxide rings is 2. The third-order valence-electron chi connectivity index (χ3n) is 1.67. The number of nitrogens with zero attached hydrogens (tertiary/aromatic N) is 3. The molecule has 0 aromatic heterocycles. The molecule has 5 heteroatoms. The highest BCUT2D eigenvalue weighted by Crippen LogP contribution is 2.27. The Hall–Kier alpha value is -0.770. The molecule has 2 fully saturated rings. The van der Waals surface area contributed by atoms with Crippen LogP contribution in [0.25, 0.3) is 10.4 Å². The molecule has 2 atom stereocenters. The number of hydrogen-bond donors (Lipinski definition) is 0. The number of rotatable bonds is 3. The SMILES string of the molecule is [N-]=[N+]=NC(C1CO1)C1CO1. The molecule has 10 heavy (non-hydrogen) atoms. The van der Waals surface area contributed by atoms with E-state index in [1.54, 1.807) is 0 Å². The van der Waals surface area contributed by atoms with Gasteiger partial charge in [0, 0.05) is 4.91 Å². The summed E-state index contributed by atoms with van der Waals surface area (Å²) in [6.45, 7) is 1.42. The fourth-order valence-corrected chi connectivity index (χ4v) is 0.953. The molecule has 0 bridgehead atoms. The molecule has 0 aromatic rings. The monoisotopic (exact) mass is 141 g/mol. The van der Waals surface area contributed by atoms with Gasteiger partial charge in [0.2, 0.25) is 0 Å². The van der Waals surface area contributed by atoms with Crippen LogP contribution in [0, 0.1) is 0 Å². The summed E-state index contributed by atoms with van der Waals surface area (Å²) >= 11 is 0. The van der Waals surface area contributed by atoms with E-state index in [9.17, 15) is 0 Å². The molecule has 0 radical (unpaired) electrons. The van der Waals surface area contributed by atoms with Gasteiger partial charge in [-0.2, -0.15) is 0 Å². The molecule has 2 heterocycles. The highest BCUT2D eigenvalue weighted by atomic mass is 16.6. The van der Waals surface area contributed by atoms with Gasteiger partial charge in [0.05, 0.1) is 31.5 Å². The van der Waals surface area contributed by atoms with Crippen molar-refractivity contribution in [3.63, 3.8) is 0 Å². The smallest absolute Gasteiger partial charge is 0.0943 e. The van der Waals surface area contributed by atoms with Gasteiger partial charge in [-0.3, -0.25) is 0 Å². The second-order valence-electron chi connectivity index (χ2n) is 2.44. The van der Waals surface area contributed by atoms with Crippen LogP contribution in [0.2, 0.25) is 0 Å². The van der Waals surface area contributed by atoms with Gasteiger partial charge in [-0.05, 0) is 5.53 Å². The highest BCUT2D eigenvalue weighted by Gasteiger charge is 2.43. The summed E-state index contributed by atoms with van der Waals surface area (Å²) in [5.74, 6) is 0. The summed E-state index contributed by atoms with van der Waals surface area (Å²) in [7, 11) is 0. The molecular formula is C5H7N3O2. The summed E-state index contributed by atoms with van der Waals surface area (Å²) in [5.41, 5.74) is 8.14. The van der Waals surface area contributed by atoms with Crippen LogP contribution in [0.1, 0.15) is 0 Å². The summed E-state index contributed by atoms with van der Waals surface area (Å²) in [5, 5.41) is 3.58. The summed E-state index contributed by atoms with van der Waals surface area (Å²) < 4.78 is 9.96. The van der Waals surface area contributed by atoms with E-state index >= 15 is 0 Å². The van der Waals surface area contributed by atoms with Crippen molar-refractivity contribution >= 4 is 0 Å². The summed E-state index contributed by atoms with van der Waals surface area (Å²) in [4.78, 5) is 2.72. The van der Waals surface area contributed by atoms with E-state index in [2.05, 4.69) is 10.0 Å². The lowest BCUT2D eigenvalue weighted by Crippen LogP contribution is -2.18. The van der Waals surface area contributed by atoms with E-state index in [4.69, 9.17) is 15.0 Å².